The molecule has 7 nitrogen and oxygen atoms in total. The van der Waals surface area contributed by atoms with Crippen molar-refractivity contribution in [1.82, 2.24) is 0 Å². The number of benzene rings is 1. The van der Waals surface area contributed by atoms with Crippen LogP contribution in [-0.4, -0.2) is 45.0 Å². The highest BCUT2D eigenvalue weighted by Crippen LogP contribution is 2.28. The lowest BCUT2D eigenvalue weighted by Crippen LogP contribution is -2.22. The Balaban J connectivity index is 2.79. The molecule has 1 N–H and O–H groups in total. The number of Topliss-reactive ketones (excluding diaryl/α,β-unsaturated/α-hetero) is 1. The summed E-state index contributed by atoms with van der Waals surface area (Å²) in [5.74, 6) is -0.543. The Kier molecular flexibility index (Phi) is 10.5. The second-order valence-electron chi connectivity index (χ2n) is 7.48. The van der Waals surface area contributed by atoms with Crippen LogP contribution in [0.3, 0.4) is 0 Å². The molecule has 0 saturated carbocycles. The Morgan fingerprint density at radius 3 is 2.21 bits per heavy atom. The van der Waals surface area contributed by atoms with Gasteiger partial charge in [-0.2, -0.15) is 8.42 Å². The van der Waals surface area contributed by atoms with Crippen LogP contribution in [0, 0.1) is 11.8 Å². The van der Waals surface area contributed by atoms with Crippen molar-refractivity contribution in [3.63, 3.8) is 0 Å². The highest BCUT2D eigenvalue weighted by Gasteiger charge is 2.24. The number of ether oxygens (including phenoxy) is 2. The summed E-state index contributed by atoms with van der Waals surface area (Å²) in [6.45, 7) is 5.92. The van der Waals surface area contributed by atoms with Crippen molar-refractivity contribution >= 4 is 21.9 Å². The molecule has 0 spiro atoms. The van der Waals surface area contributed by atoms with Crippen LogP contribution in [0.4, 0.5) is 0 Å². The number of rotatable bonds is 13. The molecule has 1 aromatic carbocycles. The SMILES string of the molecule is COCCOC(=O)C(CCCC(C)C(C)=O)CC(C)c1ccc(S(=O)(=O)O)cc1. The van der Waals surface area contributed by atoms with Crippen molar-refractivity contribution in [2.75, 3.05) is 20.3 Å². The number of carbonyl (C=O) groups is 2. The van der Waals surface area contributed by atoms with Gasteiger partial charge in [0.15, 0.2) is 0 Å². The smallest absolute Gasteiger partial charge is 0.309 e. The Bertz CT molecular complexity index is 756. The fraction of sp³-hybridized carbons (Fsp3) is 0.619. The van der Waals surface area contributed by atoms with Crippen molar-refractivity contribution in [3.05, 3.63) is 29.8 Å². The summed E-state index contributed by atoms with van der Waals surface area (Å²) in [6, 6.07) is 5.97. The van der Waals surface area contributed by atoms with Gasteiger partial charge in [-0.15, -0.1) is 0 Å². The molecule has 0 radical (unpaired) electrons. The molecule has 0 fully saturated rings. The molecule has 29 heavy (non-hydrogen) atoms. The molecule has 0 aliphatic heterocycles. The van der Waals surface area contributed by atoms with E-state index in [2.05, 4.69) is 0 Å². The summed E-state index contributed by atoms with van der Waals surface area (Å²) in [6.07, 6.45) is 2.59. The molecule has 1 aromatic rings. The third-order valence-electron chi connectivity index (χ3n) is 5.13. The maximum absolute atomic E-state index is 12.5. The van der Waals surface area contributed by atoms with Gasteiger partial charge in [-0.1, -0.05) is 32.4 Å². The van der Waals surface area contributed by atoms with Crippen molar-refractivity contribution < 1.29 is 32.0 Å². The molecular weight excluding hydrogens is 396 g/mol. The van der Waals surface area contributed by atoms with E-state index in [0.29, 0.717) is 25.9 Å². The minimum absolute atomic E-state index is 0.0179. The molecule has 0 bridgehead atoms. The second kappa shape index (κ2) is 12.0. The minimum atomic E-state index is -4.24. The lowest BCUT2D eigenvalue weighted by atomic mass is 9.86. The predicted molar refractivity (Wildman–Crippen MR) is 109 cm³/mol. The lowest BCUT2D eigenvalue weighted by molar-refractivity contribution is -0.150. The van der Waals surface area contributed by atoms with Crippen molar-refractivity contribution in [3.8, 4) is 0 Å². The third-order valence-corrected chi connectivity index (χ3v) is 6.00. The lowest BCUT2D eigenvalue weighted by Gasteiger charge is -2.21. The zero-order valence-electron chi connectivity index (χ0n) is 17.6. The number of hydrogen-bond acceptors (Lipinski definition) is 6. The van der Waals surface area contributed by atoms with E-state index in [4.69, 9.17) is 14.0 Å². The first-order chi connectivity index (χ1) is 13.6. The molecule has 0 aromatic heterocycles. The van der Waals surface area contributed by atoms with E-state index >= 15 is 0 Å². The van der Waals surface area contributed by atoms with Crippen LogP contribution in [0.2, 0.25) is 0 Å². The molecule has 1 rings (SSSR count). The topological polar surface area (TPSA) is 107 Å². The molecule has 0 aliphatic rings. The van der Waals surface area contributed by atoms with E-state index in [1.54, 1.807) is 19.1 Å². The summed E-state index contributed by atoms with van der Waals surface area (Å²) in [7, 11) is -2.70. The maximum atomic E-state index is 12.5. The first-order valence-corrected chi connectivity index (χ1v) is 11.2. The summed E-state index contributed by atoms with van der Waals surface area (Å²) >= 11 is 0. The summed E-state index contributed by atoms with van der Waals surface area (Å²) in [4.78, 5) is 23.8. The van der Waals surface area contributed by atoms with Gasteiger partial charge in [-0.3, -0.25) is 14.1 Å². The van der Waals surface area contributed by atoms with E-state index < -0.39 is 10.1 Å². The number of ketones is 1. The van der Waals surface area contributed by atoms with Crippen molar-refractivity contribution in [2.24, 2.45) is 11.8 Å². The van der Waals surface area contributed by atoms with E-state index in [9.17, 15) is 18.0 Å². The fourth-order valence-electron chi connectivity index (χ4n) is 3.08. The average Bonchev–Trinajstić information content (AvgIpc) is 2.66. The fourth-order valence-corrected chi connectivity index (χ4v) is 3.56. The Hall–Kier alpha value is -1.77. The third kappa shape index (κ3) is 9.06. The van der Waals surface area contributed by atoms with Gasteiger partial charge in [0.25, 0.3) is 10.1 Å². The molecule has 8 heteroatoms. The van der Waals surface area contributed by atoms with Gasteiger partial charge >= 0.3 is 5.97 Å². The second-order valence-corrected chi connectivity index (χ2v) is 8.90. The molecule has 3 atom stereocenters. The molecule has 0 heterocycles. The number of carbonyl (C=O) groups excluding carboxylic acids is 2. The van der Waals surface area contributed by atoms with Gasteiger partial charge in [0.05, 0.1) is 17.4 Å². The Morgan fingerprint density at radius 2 is 1.69 bits per heavy atom. The molecular formula is C21H32O7S. The number of esters is 1. The largest absolute Gasteiger partial charge is 0.463 e. The standard InChI is InChI=1S/C21H32O7S/c1-15(17(3)22)6-5-7-19(21(23)28-13-12-27-4)14-16(2)18-8-10-20(11-9-18)29(24,25)26/h8-11,15-16,19H,5-7,12-14H2,1-4H3,(H,24,25,26). The first-order valence-electron chi connectivity index (χ1n) is 9.79. The number of methoxy groups -OCH3 is 1. The average molecular weight is 429 g/mol. The summed E-state index contributed by atoms with van der Waals surface area (Å²) in [5, 5.41) is 0. The van der Waals surface area contributed by atoms with Gasteiger partial charge in [0.2, 0.25) is 0 Å². The predicted octanol–water partition coefficient (Wildman–Crippen LogP) is 3.63. The first kappa shape index (κ1) is 25.3. The van der Waals surface area contributed by atoms with Gasteiger partial charge in [-0.25, -0.2) is 0 Å². The molecule has 0 saturated heterocycles. The Morgan fingerprint density at radius 1 is 1.07 bits per heavy atom. The van der Waals surface area contributed by atoms with Gasteiger partial charge in [0.1, 0.15) is 12.4 Å². The zero-order chi connectivity index (χ0) is 22.0. The molecule has 3 unspecified atom stereocenters. The van der Waals surface area contributed by atoms with Crippen LogP contribution in [0.25, 0.3) is 0 Å². The molecule has 0 amide bonds. The van der Waals surface area contributed by atoms with Crippen LogP contribution in [0.5, 0.6) is 0 Å². The highest BCUT2D eigenvalue weighted by molar-refractivity contribution is 7.85. The highest BCUT2D eigenvalue weighted by atomic mass is 32.2. The number of hydrogen-bond donors (Lipinski definition) is 1. The van der Waals surface area contributed by atoms with Gasteiger partial charge < -0.3 is 9.47 Å². The van der Waals surface area contributed by atoms with E-state index in [1.807, 2.05) is 13.8 Å². The van der Waals surface area contributed by atoms with Crippen molar-refractivity contribution in [1.29, 1.82) is 0 Å². The molecule has 0 aliphatic carbocycles. The van der Waals surface area contributed by atoms with Crippen molar-refractivity contribution in [2.45, 2.75) is 57.3 Å². The summed E-state index contributed by atoms with van der Waals surface area (Å²) < 4.78 is 41.7. The zero-order valence-corrected chi connectivity index (χ0v) is 18.4. The monoisotopic (exact) mass is 428 g/mol. The van der Waals surface area contributed by atoms with Crippen LogP contribution < -0.4 is 0 Å². The summed E-state index contributed by atoms with van der Waals surface area (Å²) in [5.41, 5.74) is 0.865. The van der Waals surface area contributed by atoms with Gasteiger partial charge in [-0.05, 0) is 49.8 Å². The van der Waals surface area contributed by atoms with Crippen LogP contribution in [-0.2, 0) is 29.2 Å². The Labute approximate surface area is 173 Å². The van der Waals surface area contributed by atoms with Gasteiger partial charge in [0, 0.05) is 13.0 Å². The van der Waals surface area contributed by atoms with Crippen LogP contribution >= 0.6 is 0 Å². The van der Waals surface area contributed by atoms with Crippen LogP contribution in [0.1, 0.15) is 57.9 Å². The van der Waals surface area contributed by atoms with Crippen LogP contribution in [0.15, 0.2) is 29.2 Å². The normalized spacial score (nSPS) is 14.8. The van der Waals surface area contributed by atoms with E-state index in [-0.39, 0.29) is 41.0 Å². The molecule has 164 valence electrons. The maximum Gasteiger partial charge on any atom is 0.309 e. The quantitative estimate of drug-likeness (QED) is 0.290. The minimum Gasteiger partial charge on any atom is -0.463 e. The van der Waals surface area contributed by atoms with E-state index in [1.165, 1.54) is 19.2 Å². The van der Waals surface area contributed by atoms with E-state index in [0.717, 1.165) is 12.0 Å².